The Morgan fingerprint density at radius 3 is 2.83 bits per heavy atom. The molecule has 1 N–H and O–H groups in total. The maximum absolute atomic E-state index is 13.7. The number of fused-ring (bicyclic) bond motifs is 1. The third-order valence-corrected chi connectivity index (χ3v) is 2.58. The van der Waals surface area contributed by atoms with E-state index in [0.717, 1.165) is 5.39 Å². The molecule has 0 aliphatic rings. The number of esters is 1. The average molecular weight is 250 g/mol. The van der Waals surface area contributed by atoms with Crippen LogP contribution in [0.5, 0.6) is 0 Å². The first-order valence-electron chi connectivity index (χ1n) is 5.66. The summed E-state index contributed by atoms with van der Waals surface area (Å²) in [6, 6.07) is 2.98. The first-order chi connectivity index (χ1) is 8.38. The minimum absolute atomic E-state index is 0.0664. The van der Waals surface area contributed by atoms with Crippen LogP contribution in [0, 0.1) is 11.2 Å². The lowest BCUT2D eigenvalue weighted by atomic mass is 9.97. The van der Waals surface area contributed by atoms with Crippen molar-refractivity contribution < 1.29 is 13.9 Å². The summed E-state index contributed by atoms with van der Waals surface area (Å²) in [5.41, 5.74) is 0.385. The number of carbonyl (C=O) groups is 1. The number of nitrogens with one attached hydrogen (secondary N) is 1. The zero-order valence-corrected chi connectivity index (χ0v) is 10.6. The Morgan fingerprint density at radius 1 is 1.44 bits per heavy atom. The number of aromatic nitrogens is 2. The molecule has 0 bridgehead atoms. The van der Waals surface area contributed by atoms with Gasteiger partial charge in [-0.15, -0.1) is 0 Å². The van der Waals surface area contributed by atoms with Crippen molar-refractivity contribution in [2.24, 2.45) is 5.41 Å². The Hall–Kier alpha value is -1.91. The highest BCUT2D eigenvalue weighted by molar-refractivity contribution is 5.79. The van der Waals surface area contributed by atoms with Crippen LogP contribution in [0.1, 0.15) is 26.3 Å². The van der Waals surface area contributed by atoms with Crippen molar-refractivity contribution in [3.8, 4) is 0 Å². The minimum Gasteiger partial charge on any atom is -0.460 e. The lowest BCUT2D eigenvalue weighted by Crippen LogP contribution is -2.22. The molecule has 4 nitrogen and oxygen atoms in total. The Balaban J connectivity index is 2.16. The molecule has 5 heteroatoms. The Kier molecular flexibility index (Phi) is 3.07. The van der Waals surface area contributed by atoms with Gasteiger partial charge in [0.2, 0.25) is 0 Å². The summed E-state index contributed by atoms with van der Waals surface area (Å²) in [5, 5.41) is 7.29. The summed E-state index contributed by atoms with van der Waals surface area (Å²) >= 11 is 0. The van der Waals surface area contributed by atoms with Gasteiger partial charge in [0.05, 0.1) is 17.1 Å². The van der Waals surface area contributed by atoms with Gasteiger partial charge in [0.1, 0.15) is 12.4 Å². The molecule has 96 valence electrons. The molecule has 2 aromatic rings. The number of benzene rings is 1. The van der Waals surface area contributed by atoms with Gasteiger partial charge in [-0.3, -0.25) is 9.89 Å². The van der Waals surface area contributed by atoms with Gasteiger partial charge in [-0.1, -0.05) is 0 Å². The van der Waals surface area contributed by atoms with E-state index in [-0.39, 0.29) is 12.6 Å². The quantitative estimate of drug-likeness (QED) is 0.834. The average Bonchev–Trinajstić information content (AvgIpc) is 2.70. The van der Waals surface area contributed by atoms with Gasteiger partial charge in [-0.05, 0) is 32.9 Å². The van der Waals surface area contributed by atoms with E-state index in [0.29, 0.717) is 11.1 Å². The normalized spacial score (nSPS) is 11.8. The SMILES string of the molecule is CC(C)(C)C(=O)OCc1cc2cn[nH]c2cc1F. The van der Waals surface area contributed by atoms with Gasteiger partial charge in [0.15, 0.2) is 0 Å². The minimum atomic E-state index is -0.587. The van der Waals surface area contributed by atoms with Gasteiger partial charge in [0, 0.05) is 10.9 Å². The molecular weight excluding hydrogens is 235 g/mol. The van der Waals surface area contributed by atoms with Crippen molar-refractivity contribution in [1.29, 1.82) is 0 Å². The highest BCUT2D eigenvalue weighted by atomic mass is 19.1. The van der Waals surface area contributed by atoms with Crippen LogP contribution in [-0.4, -0.2) is 16.2 Å². The zero-order chi connectivity index (χ0) is 13.3. The molecule has 0 saturated carbocycles. The number of carbonyl (C=O) groups excluding carboxylic acids is 1. The standard InChI is InChI=1S/C13H15FN2O2/c1-13(2,3)12(17)18-7-9-4-8-6-15-16-11(8)5-10(9)14/h4-6H,7H2,1-3H3,(H,15,16). The molecule has 0 aliphatic heterocycles. The number of halogens is 1. The van der Waals surface area contributed by atoms with Crippen LogP contribution >= 0.6 is 0 Å². The Bertz CT molecular complexity index is 584. The van der Waals surface area contributed by atoms with Crippen LogP contribution < -0.4 is 0 Å². The van der Waals surface area contributed by atoms with Crippen LogP contribution in [-0.2, 0) is 16.1 Å². The first kappa shape index (κ1) is 12.5. The molecule has 1 aromatic heterocycles. The van der Waals surface area contributed by atoms with Gasteiger partial charge < -0.3 is 4.74 Å². The second-order valence-corrected chi connectivity index (χ2v) is 5.23. The fourth-order valence-corrected chi connectivity index (χ4v) is 1.48. The van der Waals surface area contributed by atoms with Crippen molar-refractivity contribution in [3.63, 3.8) is 0 Å². The van der Waals surface area contributed by atoms with E-state index in [1.807, 2.05) is 0 Å². The summed E-state index contributed by atoms with van der Waals surface area (Å²) in [4.78, 5) is 11.6. The maximum atomic E-state index is 13.7. The molecule has 0 amide bonds. The van der Waals surface area contributed by atoms with Crippen LogP contribution in [0.25, 0.3) is 10.9 Å². The molecule has 18 heavy (non-hydrogen) atoms. The van der Waals surface area contributed by atoms with Crippen LogP contribution in [0.4, 0.5) is 4.39 Å². The van der Waals surface area contributed by atoms with E-state index in [9.17, 15) is 9.18 Å². The summed E-state index contributed by atoms with van der Waals surface area (Å²) in [5.74, 6) is -0.761. The predicted molar refractivity (Wildman–Crippen MR) is 65.3 cm³/mol. The van der Waals surface area contributed by atoms with E-state index < -0.39 is 11.2 Å². The number of H-pyrrole nitrogens is 1. The topological polar surface area (TPSA) is 55.0 Å². The molecule has 1 aromatic carbocycles. The number of hydrogen-bond acceptors (Lipinski definition) is 3. The molecule has 0 fully saturated rings. The lowest BCUT2D eigenvalue weighted by molar-refractivity contribution is -0.154. The maximum Gasteiger partial charge on any atom is 0.311 e. The molecule has 0 aliphatic carbocycles. The van der Waals surface area contributed by atoms with E-state index in [1.165, 1.54) is 6.07 Å². The molecule has 2 rings (SSSR count). The van der Waals surface area contributed by atoms with Crippen LogP contribution in [0.15, 0.2) is 18.3 Å². The van der Waals surface area contributed by atoms with Crippen molar-refractivity contribution in [2.75, 3.05) is 0 Å². The van der Waals surface area contributed by atoms with E-state index >= 15 is 0 Å². The summed E-state index contributed by atoms with van der Waals surface area (Å²) in [7, 11) is 0. The highest BCUT2D eigenvalue weighted by Crippen LogP contribution is 2.20. The molecule has 0 atom stereocenters. The molecule has 1 heterocycles. The summed E-state index contributed by atoms with van der Waals surface area (Å²) in [6.45, 7) is 5.20. The largest absolute Gasteiger partial charge is 0.460 e. The number of hydrogen-bond donors (Lipinski definition) is 1. The molecule has 0 radical (unpaired) electrons. The Labute approximate surface area is 104 Å². The lowest BCUT2D eigenvalue weighted by Gasteiger charge is -2.16. The third-order valence-electron chi connectivity index (χ3n) is 2.58. The number of rotatable bonds is 2. The van der Waals surface area contributed by atoms with E-state index in [4.69, 9.17) is 4.74 Å². The predicted octanol–water partition coefficient (Wildman–Crippen LogP) is 2.79. The number of nitrogens with zero attached hydrogens (tertiary/aromatic N) is 1. The van der Waals surface area contributed by atoms with Crippen molar-refractivity contribution in [1.82, 2.24) is 10.2 Å². The van der Waals surface area contributed by atoms with Gasteiger partial charge in [-0.2, -0.15) is 5.10 Å². The fourth-order valence-electron chi connectivity index (χ4n) is 1.48. The molecule has 0 saturated heterocycles. The van der Waals surface area contributed by atoms with E-state index in [2.05, 4.69) is 10.2 Å². The highest BCUT2D eigenvalue weighted by Gasteiger charge is 2.23. The van der Waals surface area contributed by atoms with Crippen molar-refractivity contribution >= 4 is 16.9 Å². The smallest absolute Gasteiger partial charge is 0.311 e. The van der Waals surface area contributed by atoms with Crippen molar-refractivity contribution in [3.05, 3.63) is 29.7 Å². The second-order valence-electron chi connectivity index (χ2n) is 5.23. The number of ether oxygens (including phenoxy) is 1. The summed E-state index contributed by atoms with van der Waals surface area (Å²) in [6.07, 6.45) is 1.60. The van der Waals surface area contributed by atoms with Crippen LogP contribution in [0.3, 0.4) is 0 Å². The van der Waals surface area contributed by atoms with Crippen LogP contribution in [0.2, 0.25) is 0 Å². The monoisotopic (exact) mass is 250 g/mol. The zero-order valence-electron chi connectivity index (χ0n) is 10.6. The van der Waals surface area contributed by atoms with Gasteiger partial charge >= 0.3 is 5.97 Å². The number of aromatic amines is 1. The molecular formula is C13H15FN2O2. The third kappa shape index (κ3) is 2.50. The van der Waals surface area contributed by atoms with Gasteiger partial charge in [0.25, 0.3) is 0 Å². The van der Waals surface area contributed by atoms with Gasteiger partial charge in [-0.25, -0.2) is 4.39 Å². The second kappa shape index (κ2) is 4.40. The molecule has 0 spiro atoms. The summed E-state index contributed by atoms with van der Waals surface area (Å²) < 4.78 is 18.8. The first-order valence-corrected chi connectivity index (χ1v) is 5.66. The Morgan fingerprint density at radius 2 is 2.17 bits per heavy atom. The fraction of sp³-hybridized carbons (Fsp3) is 0.385. The molecule has 0 unspecified atom stereocenters. The van der Waals surface area contributed by atoms with E-state index in [1.54, 1.807) is 33.0 Å². The van der Waals surface area contributed by atoms with Crippen molar-refractivity contribution in [2.45, 2.75) is 27.4 Å².